The molecule has 0 unspecified atom stereocenters. The maximum absolute atomic E-state index is 15.3. The predicted octanol–water partition coefficient (Wildman–Crippen LogP) is 5.65. The van der Waals surface area contributed by atoms with Crippen LogP contribution in [0.25, 0.3) is 0 Å². The van der Waals surface area contributed by atoms with Crippen LogP contribution < -0.4 is 10.2 Å². The van der Waals surface area contributed by atoms with Crippen LogP contribution in [0.1, 0.15) is 33.7 Å². The number of rotatable bonds is 5. The van der Waals surface area contributed by atoms with Gasteiger partial charge < -0.3 is 9.80 Å². The second-order valence-corrected chi connectivity index (χ2v) is 12.1. The number of likely N-dealkylation sites (tertiary alicyclic amines) is 1. The molecule has 6 nitrogen and oxygen atoms in total. The van der Waals surface area contributed by atoms with Gasteiger partial charge in [-0.2, -0.15) is 13.2 Å². The molecular formula is C36H30F3N3O3. The minimum atomic E-state index is -4.86. The molecule has 9 heteroatoms. The van der Waals surface area contributed by atoms with Crippen LogP contribution in [-0.2, 0) is 33.0 Å². The van der Waals surface area contributed by atoms with Crippen molar-refractivity contribution in [2.45, 2.75) is 43.7 Å². The van der Waals surface area contributed by atoms with Crippen molar-refractivity contribution >= 4 is 23.3 Å². The number of ketones is 1. The van der Waals surface area contributed by atoms with E-state index in [4.69, 9.17) is 0 Å². The lowest BCUT2D eigenvalue weighted by molar-refractivity contribution is -0.159. The SMILES string of the molecule is Cc1ccccc1[C@@H]1[C@@H](C(F)(F)F)N[C@]2(C(=O)N(Cc3ccccc3)c3ccccc32)[C@]12CN(Cc1ccccc1)C(=O)C2=O. The smallest absolute Gasteiger partial charge is 0.331 e. The number of anilines is 1. The van der Waals surface area contributed by atoms with E-state index in [2.05, 4.69) is 5.32 Å². The molecular weight excluding hydrogens is 579 g/mol. The number of Topliss-reactive ketones (excluding diaryl/α,β-unsaturated/α-hetero) is 1. The van der Waals surface area contributed by atoms with Crippen molar-refractivity contribution in [2.75, 3.05) is 11.4 Å². The number of aryl methyl sites for hydroxylation is 1. The molecule has 228 valence electrons. The zero-order chi connectivity index (χ0) is 31.6. The molecule has 45 heavy (non-hydrogen) atoms. The van der Waals surface area contributed by atoms with Crippen LogP contribution in [0.2, 0.25) is 0 Å². The lowest BCUT2D eigenvalue weighted by atomic mass is 9.58. The van der Waals surface area contributed by atoms with Gasteiger partial charge in [0, 0.05) is 30.3 Å². The summed E-state index contributed by atoms with van der Waals surface area (Å²) in [5.41, 5.74) is -1.29. The molecule has 0 aliphatic carbocycles. The average molecular weight is 610 g/mol. The van der Waals surface area contributed by atoms with E-state index in [0.29, 0.717) is 11.3 Å². The normalized spacial score (nSPS) is 26.0. The van der Waals surface area contributed by atoms with Crippen LogP contribution in [-0.4, -0.2) is 41.3 Å². The van der Waals surface area contributed by atoms with E-state index >= 15 is 18.0 Å². The van der Waals surface area contributed by atoms with E-state index in [0.717, 1.165) is 11.1 Å². The number of nitrogens with one attached hydrogen (secondary N) is 1. The number of fused-ring (bicyclic) bond motifs is 3. The summed E-state index contributed by atoms with van der Waals surface area (Å²) in [6.45, 7) is 1.43. The quantitative estimate of drug-likeness (QED) is 0.297. The number of halogens is 3. The zero-order valence-electron chi connectivity index (χ0n) is 24.4. The van der Waals surface area contributed by atoms with Crippen molar-refractivity contribution in [1.82, 2.24) is 10.2 Å². The Hall–Kier alpha value is -4.76. The van der Waals surface area contributed by atoms with Gasteiger partial charge >= 0.3 is 6.18 Å². The predicted molar refractivity (Wildman–Crippen MR) is 162 cm³/mol. The highest BCUT2D eigenvalue weighted by Gasteiger charge is 2.81. The summed E-state index contributed by atoms with van der Waals surface area (Å²) in [4.78, 5) is 46.4. The monoisotopic (exact) mass is 609 g/mol. The summed E-state index contributed by atoms with van der Waals surface area (Å²) in [7, 11) is 0. The molecule has 2 saturated heterocycles. The van der Waals surface area contributed by atoms with Gasteiger partial charge in [-0.25, -0.2) is 0 Å². The van der Waals surface area contributed by atoms with Gasteiger partial charge in [-0.15, -0.1) is 0 Å². The van der Waals surface area contributed by atoms with Crippen LogP contribution in [0.4, 0.5) is 18.9 Å². The topological polar surface area (TPSA) is 69.7 Å². The standard InChI is InChI=1S/C36H30F3N3O3/c1-23-12-8-9-17-26(23)29-30(36(37,38)39)40-35(34(29)22-41(32(44)31(34)43)20-24-13-4-2-5-14-24)27-18-10-11-19-28(27)42(33(35)45)21-25-15-6-3-7-16-25/h2-19,29-30,40H,20-22H2,1H3/t29-,30+,34-,35-/m1/s1. The van der Waals surface area contributed by atoms with E-state index < -0.39 is 46.7 Å². The Morgan fingerprint density at radius 2 is 1.36 bits per heavy atom. The van der Waals surface area contributed by atoms with Crippen molar-refractivity contribution in [2.24, 2.45) is 5.41 Å². The van der Waals surface area contributed by atoms with Crippen molar-refractivity contribution in [3.05, 3.63) is 137 Å². The van der Waals surface area contributed by atoms with E-state index in [9.17, 15) is 9.59 Å². The van der Waals surface area contributed by atoms with Gasteiger partial charge in [-0.05, 0) is 35.2 Å². The molecule has 0 radical (unpaired) electrons. The Balaban J connectivity index is 1.49. The zero-order valence-corrected chi connectivity index (χ0v) is 24.4. The second kappa shape index (κ2) is 10.4. The molecule has 4 aromatic carbocycles. The highest BCUT2D eigenvalue weighted by molar-refractivity contribution is 6.42. The second-order valence-electron chi connectivity index (χ2n) is 12.1. The summed E-state index contributed by atoms with van der Waals surface area (Å²) >= 11 is 0. The van der Waals surface area contributed by atoms with Crippen molar-refractivity contribution in [1.29, 1.82) is 0 Å². The van der Waals surface area contributed by atoms with Crippen LogP contribution in [0.3, 0.4) is 0 Å². The fourth-order valence-electron chi connectivity index (χ4n) is 7.80. The number of alkyl halides is 3. The molecule has 0 bridgehead atoms. The number of hydrogen-bond donors (Lipinski definition) is 1. The number of nitrogens with zero attached hydrogens (tertiary/aromatic N) is 2. The lowest BCUT2D eigenvalue weighted by Gasteiger charge is -2.41. The Kier molecular flexibility index (Phi) is 6.70. The molecule has 3 aliphatic rings. The van der Waals surface area contributed by atoms with Gasteiger partial charge in [0.1, 0.15) is 11.6 Å². The first-order valence-corrected chi connectivity index (χ1v) is 14.8. The summed E-state index contributed by atoms with van der Waals surface area (Å²) in [5.74, 6) is -4.13. The fourth-order valence-corrected chi connectivity index (χ4v) is 7.80. The maximum Gasteiger partial charge on any atom is 0.404 e. The molecule has 0 saturated carbocycles. The number of para-hydroxylation sites is 1. The summed E-state index contributed by atoms with van der Waals surface area (Å²) in [5, 5.41) is 2.76. The lowest BCUT2D eigenvalue weighted by Crippen LogP contribution is -2.61. The first kappa shape index (κ1) is 29.0. The third-order valence-corrected chi connectivity index (χ3v) is 9.67. The van der Waals surface area contributed by atoms with Crippen LogP contribution in [0.15, 0.2) is 109 Å². The Morgan fingerprint density at radius 1 is 0.778 bits per heavy atom. The van der Waals surface area contributed by atoms with Crippen molar-refractivity contribution in [3.63, 3.8) is 0 Å². The minimum Gasteiger partial charge on any atom is -0.331 e. The van der Waals surface area contributed by atoms with Gasteiger partial charge in [0.2, 0.25) is 5.78 Å². The highest BCUT2D eigenvalue weighted by Crippen LogP contribution is 2.65. The van der Waals surface area contributed by atoms with Crippen LogP contribution in [0, 0.1) is 12.3 Å². The van der Waals surface area contributed by atoms with Gasteiger partial charge in [0.25, 0.3) is 11.8 Å². The molecule has 1 N–H and O–H groups in total. The highest BCUT2D eigenvalue weighted by atomic mass is 19.4. The van der Waals surface area contributed by atoms with Gasteiger partial charge in [0.15, 0.2) is 0 Å². The average Bonchev–Trinajstić information content (AvgIpc) is 3.57. The number of carbonyl (C=O) groups is 3. The van der Waals surface area contributed by atoms with E-state index in [-0.39, 0.29) is 30.8 Å². The molecule has 2 amide bonds. The number of amides is 2. The van der Waals surface area contributed by atoms with E-state index in [1.807, 2.05) is 36.4 Å². The molecule has 3 aliphatic heterocycles. The molecule has 4 atom stereocenters. The van der Waals surface area contributed by atoms with E-state index in [1.165, 1.54) is 9.80 Å². The molecule has 7 rings (SSSR count). The number of hydrogen-bond acceptors (Lipinski definition) is 4. The van der Waals surface area contributed by atoms with Crippen LogP contribution >= 0.6 is 0 Å². The first-order valence-electron chi connectivity index (χ1n) is 14.8. The largest absolute Gasteiger partial charge is 0.404 e. The number of benzene rings is 4. The van der Waals surface area contributed by atoms with Gasteiger partial charge in [-0.1, -0.05) is 103 Å². The molecule has 2 fully saturated rings. The van der Waals surface area contributed by atoms with Gasteiger partial charge in [0.05, 0.1) is 12.0 Å². The Labute approximate surface area is 258 Å². The van der Waals surface area contributed by atoms with Crippen molar-refractivity contribution in [3.8, 4) is 0 Å². The Bertz CT molecular complexity index is 1810. The molecule has 0 aromatic heterocycles. The molecule has 2 spiro atoms. The van der Waals surface area contributed by atoms with Crippen molar-refractivity contribution < 1.29 is 27.6 Å². The summed E-state index contributed by atoms with van der Waals surface area (Å²) in [6.07, 6.45) is -4.86. The van der Waals surface area contributed by atoms with E-state index in [1.54, 1.807) is 79.7 Å². The third kappa shape index (κ3) is 4.17. The van der Waals surface area contributed by atoms with Crippen LogP contribution in [0.5, 0.6) is 0 Å². The first-order chi connectivity index (χ1) is 21.6. The summed E-state index contributed by atoms with van der Waals surface area (Å²) in [6, 6.07) is 29.1. The third-order valence-electron chi connectivity index (χ3n) is 9.67. The maximum atomic E-state index is 15.3. The molecule has 3 heterocycles. The van der Waals surface area contributed by atoms with Gasteiger partial charge in [-0.3, -0.25) is 19.7 Å². The molecule has 4 aromatic rings. The Morgan fingerprint density at radius 3 is 2.00 bits per heavy atom. The minimum absolute atomic E-state index is 0.0178. The fraction of sp³-hybridized carbons (Fsp3) is 0.250. The number of carbonyl (C=O) groups excluding carboxylic acids is 3. The summed E-state index contributed by atoms with van der Waals surface area (Å²) < 4.78 is 46.0.